The summed E-state index contributed by atoms with van der Waals surface area (Å²) in [6, 6.07) is 12.4. The molecule has 0 spiro atoms. The number of fused-ring (bicyclic) bond motifs is 1. The van der Waals surface area contributed by atoms with Crippen LogP contribution in [0, 0.1) is 0 Å². The van der Waals surface area contributed by atoms with Crippen LogP contribution in [-0.2, 0) is 9.84 Å². The normalized spacial score (nSPS) is 11.7. The predicted octanol–water partition coefficient (Wildman–Crippen LogP) is 2.70. The molecule has 0 aliphatic carbocycles. The number of rotatable bonds is 2. The van der Waals surface area contributed by atoms with E-state index in [1.165, 1.54) is 6.26 Å². The smallest absolute Gasteiger partial charge is 0.175 e. The van der Waals surface area contributed by atoms with E-state index in [0.29, 0.717) is 4.90 Å². The molecule has 1 aromatic carbocycles. The summed E-state index contributed by atoms with van der Waals surface area (Å²) in [7, 11) is -3.18. The standard InChI is InChI=1S/C15H12N2O2S/c1-20(18,19)12-6-4-11(5-7-12)15-13-3-2-9-16-14(13)8-10-17-15/h2-10H,1H3. The van der Waals surface area contributed by atoms with Crippen molar-refractivity contribution in [1.82, 2.24) is 9.97 Å². The maximum atomic E-state index is 11.5. The first-order valence-electron chi connectivity index (χ1n) is 6.06. The third-order valence-electron chi connectivity index (χ3n) is 3.09. The topological polar surface area (TPSA) is 59.9 Å². The molecular weight excluding hydrogens is 272 g/mol. The molecule has 0 unspecified atom stereocenters. The van der Waals surface area contributed by atoms with Crippen molar-refractivity contribution in [2.24, 2.45) is 0 Å². The molecule has 0 radical (unpaired) electrons. The first-order valence-corrected chi connectivity index (χ1v) is 7.95. The number of hydrogen-bond acceptors (Lipinski definition) is 4. The van der Waals surface area contributed by atoms with Crippen LogP contribution >= 0.6 is 0 Å². The highest BCUT2D eigenvalue weighted by atomic mass is 32.2. The molecule has 0 aliphatic heterocycles. The van der Waals surface area contributed by atoms with Gasteiger partial charge in [0.05, 0.1) is 16.1 Å². The Bertz CT molecular complexity index is 867. The van der Waals surface area contributed by atoms with Crippen molar-refractivity contribution in [3.63, 3.8) is 0 Å². The Hall–Kier alpha value is -2.27. The lowest BCUT2D eigenvalue weighted by Crippen LogP contribution is -1.96. The summed E-state index contributed by atoms with van der Waals surface area (Å²) in [4.78, 5) is 8.97. The van der Waals surface area contributed by atoms with Crippen LogP contribution in [0.15, 0.2) is 59.8 Å². The zero-order valence-corrected chi connectivity index (χ0v) is 11.6. The Morgan fingerprint density at radius 2 is 1.65 bits per heavy atom. The van der Waals surface area contributed by atoms with Gasteiger partial charge in [-0.1, -0.05) is 12.1 Å². The van der Waals surface area contributed by atoms with E-state index in [2.05, 4.69) is 9.97 Å². The molecule has 0 aliphatic rings. The summed E-state index contributed by atoms with van der Waals surface area (Å²) in [5.41, 5.74) is 2.54. The largest absolute Gasteiger partial charge is 0.256 e. The van der Waals surface area contributed by atoms with Crippen molar-refractivity contribution >= 4 is 20.7 Å². The van der Waals surface area contributed by atoms with Crippen molar-refractivity contribution in [2.45, 2.75) is 4.90 Å². The van der Waals surface area contributed by atoms with Gasteiger partial charge >= 0.3 is 0 Å². The summed E-state index contributed by atoms with van der Waals surface area (Å²) < 4.78 is 22.9. The minimum atomic E-state index is -3.18. The molecule has 0 atom stereocenters. The van der Waals surface area contributed by atoms with Crippen LogP contribution in [-0.4, -0.2) is 24.6 Å². The lowest BCUT2D eigenvalue weighted by Gasteiger charge is -2.06. The van der Waals surface area contributed by atoms with E-state index >= 15 is 0 Å². The molecule has 5 heteroatoms. The Morgan fingerprint density at radius 3 is 2.35 bits per heavy atom. The second-order valence-corrected chi connectivity index (χ2v) is 6.54. The lowest BCUT2D eigenvalue weighted by atomic mass is 10.1. The van der Waals surface area contributed by atoms with E-state index in [-0.39, 0.29) is 0 Å². The summed E-state index contributed by atoms with van der Waals surface area (Å²) >= 11 is 0. The van der Waals surface area contributed by atoms with E-state index in [9.17, 15) is 8.42 Å². The van der Waals surface area contributed by atoms with Gasteiger partial charge < -0.3 is 0 Å². The molecule has 100 valence electrons. The van der Waals surface area contributed by atoms with E-state index in [4.69, 9.17) is 0 Å². The Kier molecular flexibility index (Phi) is 2.99. The summed E-state index contributed by atoms with van der Waals surface area (Å²) in [6.07, 6.45) is 4.64. The van der Waals surface area contributed by atoms with Crippen LogP contribution in [0.1, 0.15) is 0 Å². The van der Waals surface area contributed by atoms with E-state index in [0.717, 1.165) is 22.2 Å². The van der Waals surface area contributed by atoms with Gasteiger partial charge in [0.1, 0.15) is 0 Å². The van der Waals surface area contributed by atoms with Gasteiger partial charge in [0.25, 0.3) is 0 Å². The highest BCUT2D eigenvalue weighted by Crippen LogP contribution is 2.26. The fourth-order valence-electron chi connectivity index (χ4n) is 2.09. The number of benzene rings is 1. The molecule has 2 aromatic heterocycles. The highest BCUT2D eigenvalue weighted by molar-refractivity contribution is 7.90. The van der Waals surface area contributed by atoms with Crippen LogP contribution in [0.2, 0.25) is 0 Å². The molecule has 0 bridgehead atoms. The SMILES string of the molecule is CS(=O)(=O)c1ccc(-c2nccc3ncccc23)cc1. The third-order valence-corrected chi connectivity index (χ3v) is 4.21. The van der Waals surface area contributed by atoms with Crippen molar-refractivity contribution in [3.8, 4) is 11.3 Å². The number of sulfone groups is 1. The van der Waals surface area contributed by atoms with E-state index in [1.54, 1.807) is 36.7 Å². The molecule has 0 amide bonds. The molecule has 0 saturated carbocycles. The molecular formula is C15H12N2O2S. The zero-order valence-electron chi connectivity index (χ0n) is 10.8. The Balaban J connectivity index is 2.17. The van der Waals surface area contributed by atoms with Crippen molar-refractivity contribution in [1.29, 1.82) is 0 Å². The van der Waals surface area contributed by atoms with E-state index < -0.39 is 9.84 Å². The van der Waals surface area contributed by atoms with Crippen LogP contribution in [0.25, 0.3) is 22.2 Å². The van der Waals surface area contributed by atoms with Crippen molar-refractivity contribution < 1.29 is 8.42 Å². The Morgan fingerprint density at radius 1 is 0.900 bits per heavy atom. The van der Waals surface area contributed by atoms with Gasteiger partial charge in [0.2, 0.25) is 0 Å². The molecule has 20 heavy (non-hydrogen) atoms. The second-order valence-electron chi connectivity index (χ2n) is 4.53. The number of pyridine rings is 2. The van der Waals surface area contributed by atoms with Crippen LogP contribution in [0.3, 0.4) is 0 Å². The van der Waals surface area contributed by atoms with E-state index in [1.807, 2.05) is 18.2 Å². The first kappa shape index (κ1) is 12.7. The summed E-state index contributed by atoms with van der Waals surface area (Å²) in [5.74, 6) is 0. The molecule has 2 heterocycles. The van der Waals surface area contributed by atoms with Gasteiger partial charge in [0, 0.05) is 29.6 Å². The fourth-order valence-corrected chi connectivity index (χ4v) is 2.72. The van der Waals surface area contributed by atoms with Crippen LogP contribution in [0.4, 0.5) is 0 Å². The summed E-state index contributed by atoms with van der Waals surface area (Å²) in [6.45, 7) is 0. The van der Waals surface area contributed by atoms with Gasteiger partial charge in [-0.25, -0.2) is 8.42 Å². The predicted molar refractivity (Wildman–Crippen MR) is 78.1 cm³/mol. The minimum Gasteiger partial charge on any atom is -0.256 e. The fraction of sp³-hybridized carbons (Fsp3) is 0.0667. The zero-order chi connectivity index (χ0) is 14.2. The average molecular weight is 284 g/mol. The molecule has 3 rings (SSSR count). The van der Waals surface area contributed by atoms with Gasteiger partial charge in [-0.05, 0) is 30.3 Å². The van der Waals surface area contributed by atoms with Crippen molar-refractivity contribution in [3.05, 3.63) is 54.9 Å². The molecule has 0 fully saturated rings. The second kappa shape index (κ2) is 4.68. The molecule has 0 saturated heterocycles. The average Bonchev–Trinajstić information content (AvgIpc) is 2.46. The maximum Gasteiger partial charge on any atom is 0.175 e. The number of aromatic nitrogens is 2. The molecule has 0 N–H and O–H groups in total. The van der Waals surface area contributed by atoms with Gasteiger partial charge in [0.15, 0.2) is 9.84 Å². The van der Waals surface area contributed by atoms with Crippen LogP contribution in [0.5, 0.6) is 0 Å². The first-order chi connectivity index (χ1) is 9.55. The number of nitrogens with zero attached hydrogens (tertiary/aromatic N) is 2. The lowest BCUT2D eigenvalue weighted by molar-refractivity contribution is 0.602. The third kappa shape index (κ3) is 2.28. The molecule has 4 nitrogen and oxygen atoms in total. The highest BCUT2D eigenvalue weighted by Gasteiger charge is 2.09. The minimum absolute atomic E-state index is 0.305. The monoisotopic (exact) mass is 284 g/mol. The Labute approximate surface area is 117 Å². The number of hydrogen-bond donors (Lipinski definition) is 0. The van der Waals surface area contributed by atoms with Crippen molar-refractivity contribution in [2.75, 3.05) is 6.26 Å². The van der Waals surface area contributed by atoms with Gasteiger partial charge in [-0.3, -0.25) is 9.97 Å². The van der Waals surface area contributed by atoms with Gasteiger partial charge in [-0.2, -0.15) is 0 Å². The maximum absolute atomic E-state index is 11.5. The van der Waals surface area contributed by atoms with Crippen LogP contribution < -0.4 is 0 Å². The summed E-state index contributed by atoms with van der Waals surface area (Å²) in [5, 5.41) is 0.946. The van der Waals surface area contributed by atoms with Gasteiger partial charge in [-0.15, -0.1) is 0 Å². The molecule has 3 aromatic rings. The quantitative estimate of drug-likeness (QED) is 0.726.